The van der Waals surface area contributed by atoms with E-state index in [1.165, 1.54) is 16.1 Å². The number of nitrogens with one attached hydrogen (secondary N) is 2. The summed E-state index contributed by atoms with van der Waals surface area (Å²) < 4.78 is 0. The Morgan fingerprint density at radius 3 is 2.18 bits per heavy atom. The van der Waals surface area contributed by atoms with Crippen LogP contribution < -0.4 is 15.5 Å². The molecule has 4 rings (SSSR count). The summed E-state index contributed by atoms with van der Waals surface area (Å²) in [6.45, 7) is 18.6. The van der Waals surface area contributed by atoms with E-state index in [4.69, 9.17) is 0 Å². The summed E-state index contributed by atoms with van der Waals surface area (Å²) in [5.41, 5.74) is 4.25. The highest BCUT2D eigenvalue weighted by Gasteiger charge is 2.22. The van der Waals surface area contributed by atoms with Crippen molar-refractivity contribution in [2.75, 3.05) is 29.9 Å². The molecule has 0 radical (unpaired) electrons. The molecule has 4 nitrogen and oxygen atoms in total. The summed E-state index contributed by atoms with van der Waals surface area (Å²) in [5.74, 6) is -0.0301. The number of anilines is 2. The minimum Gasteiger partial charge on any atom is -0.377 e. The Labute approximate surface area is 236 Å². The Kier molecular flexibility index (Phi) is 16.7. The van der Waals surface area contributed by atoms with Gasteiger partial charge in [-0.15, -0.1) is 0 Å². The van der Waals surface area contributed by atoms with Gasteiger partial charge in [0.1, 0.15) is 0 Å². The molecular weight excluding hydrogens is 486 g/mol. The topological polar surface area (TPSA) is 44.4 Å². The van der Waals surface area contributed by atoms with Crippen LogP contribution in [-0.2, 0) is 0 Å². The van der Waals surface area contributed by atoms with Gasteiger partial charge in [0.2, 0.25) is 0 Å². The second-order valence-corrected chi connectivity index (χ2v) is 9.09. The highest BCUT2D eigenvalue weighted by Crippen LogP contribution is 2.43. The van der Waals surface area contributed by atoms with Crippen molar-refractivity contribution in [1.29, 1.82) is 0 Å². The van der Waals surface area contributed by atoms with E-state index in [1.807, 2.05) is 71.9 Å². The van der Waals surface area contributed by atoms with E-state index >= 15 is 0 Å². The van der Waals surface area contributed by atoms with Crippen LogP contribution in [0.5, 0.6) is 0 Å². The van der Waals surface area contributed by atoms with Crippen LogP contribution in [0.1, 0.15) is 90.2 Å². The third kappa shape index (κ3) is 9.43. The van der Waals surface area contributed by atoms with Crippen LogP contribution in [0.4, 0.5) is 11.4 Å². The predicted molar refractivity (Wildman–Crippen MR) is 169 cm³/mol. The fourth-order valence-corrected chi connectivity index (χ4v) is 5.23. The van der Waals surface area contributed by atoms with Crippen molar-refractivity contribution in [2.45, 2.75) is 84.1 Å². The first-order valence-electron chi connectivity index (χ1n) is 14.4. The van der Waals surface area contributed by atoms with Gasteiger partial charge < -0.3 is 15.5 Å². The smallest absolute Gasteiger partial charge is 0.251 e. The molecule has 0 aliphatic carbocycles. The quantitative estimate of drug-likeness (QED) is 0.301. The summed E-state index contributed by atoms with van der Waals surface area (Å²) in [5, 5.41) is 6.80. The van der Waals surface area contributed by atoms with Crippen molar-refractivity contribution in [2.24, 2.45) is 0 Å². The van der Waals surface area contributed by atoms with Gasteiger partial charge in [-0.25, -0.2) is 0 Å². The number of likely N-dealkylation sites (N-methyl/N-ethyl adjacent to an activating group) is 1. The minimum absolute atomic E-state index is 0.0301. The van der Waals surface area contributed by atoms with Crippen LogP contribution >= 0.6 is 11.8 Å². The summed E-state index contributed by atoms with van der Waals surface area (Å²) in [7, 11) is 0. The van der Waals surface area contributed by atoms with Gasteiger partial charge in [-0.1, -0.05) is 103 Å². The number of amides is 1. The van der Waals surface area contributed by atoms with E-state index in [0.29, 0.717) is 12.1 Å². The zero-order valence-corrected chi connectivity index (χ0v) is 25.6. The molecule has 0 saturated heterocycles. The maximum absolute atomic E-state index is 12.9. The molecule has 0 fully saturated rings. The molecule has 5 heteroatoms. The Morgan fingerprint density at radius 2 is 1.53 bits per heavy atom. The lowest BCUT2D eigenvalue weighted by molar-refractivity contribution is 0.0954. The first-order valence-corrected chi connectivity index (χ1v) is 15.3. The van der Waals surface area contributed by atoms with Crippen molar-refractivity contribution < 1.29 is 4.79 Å². The second kappa shape index (κ2) is 19.2. The molecule has 3 aromatic carbocycles. The van der Waals surface area contributed by atoms with Gasteiger partial charge in [0.05, 0.1) is 6.04 Å². The monoisotopic (exact) mass is 535 g/mol. The fraction of sp³-hybridized carbons (Fsp3) is 0.424. The normalized spacial score (nSPS) is 12.7. The molecule has 1 unspecified atom stereocenters. The Morgan fingerprint density at radius 1 is 0.868 bits per heavy atom. The number of para-hydroxylation sites is 1. The number of fused-ring (bicyclic) bond motifs is 2. The van der Waals surface area contributed by atoms with Gasteiger partial charge >= 0.3 is 0 Å². The summed E-state index contributed by atoms with van der Waals surface area (Å²) >= 11 is 1.77. The van der Waals surface area contributed by atoms with E-state index in [2.05, 4.69) is 71.8 Å². The number of nitrogens with zero attached hydrogens (tertiary/aromatic N) is 1. The molecule has 1 atom stereocenters. The lowest BCUT2D eigenvalue weighted by atomic mass is 10.0. The maximum Gasteiger partial charge on any atom is 0.251 e. The van der Waals surface area contributed by atoms with Gasteiger partial charge in [0, 0.05) is 46.4 Å². The van der Waals surface area contributed by atoms with Crippen molar-refractivity contribution in [3.05, 3.63) is 83.9 Å². The molecule has 0 aromatic heterocycles. The first-order chi connectivity index (χ1) is 18.7. The molecule has 0 spiro atoms. The van der Waals surface area contributed by atoms with E-state index in [-0.39, 0.29) is 11.9 Å². The molecule has 2 N–H and O–H groups in total. The Balaban J connectivity index is 0.00000112. The van der Waals surface area contributed by atoms with Crippen LogP contribution in [0.15, 0.2) is 82.6 Å². The summed E-state index contributed by atoms with van der Waals surface area (Å²) in [6.07, 6.45) is 2.15. The zero-order valence-electron chi connectivity index (χ0n) is 24.8. The van der Waals surface area contributed by atoms with E-state index in [9.17, 15) is 4.79 Å². The highest BCUT2D eigenvalue weighted by atomic mass is 32.2. The highest BCUT2D eigenvalue weighted by molar-refractivity contribution is 7.99. The van der Waals surface area contributed by atoms with E-state index in [1.54, 1.807) is 11.8 Å². The van der Waals surface area contributed by atoms with Gasteiger partial charge in [0.15, 0.2) is 0 Å². The summed E-state index contributed by atoms with van der Waals surface area (Å²) in [4.78, 5) is 17.6. The SMILES string of the molecule is CC.CC.CC.CCCC1Nc2cc(C(=O)NCCN(CC)c3ccccc3)ccc2Sc2ccccc21. The number of hydrogen-bond acceptors (Lipinski definition) is 4. The summed E-state index contributed by atoms with van der Waals surface area (Å²) in [6, 6.07) is 25.2. The number of carbonyl (C=O) groups excluding carboxylic acids is 1. The van der Waals surface area contributed by atoms with Crippen LogP contribution in [0.2, 0.25) is 0 Å². The van der Waals surface area contributed by atoms with E-state index in [0.717, 1.165) is 36.5 Å². The van der Waals surface area contributed by atoms with Gasteiger partial charge in [-0.3, -0.25) is 4.79 Å². The first kappa shape index (κ1) is 33.1. The maximum atomic E-state index is 12.9. The molecule has 0 bridgehead atoms. The number of benzene rings is 3. The van der Waals surface area contributed by atoms with Crippen molar-refractivity contribution >= 4 is 29.0 Å². The molecule has 3 aromatic rings. The minimum atomic E-state index is -0.0301. The van der Waals surface area contributed by atoms with Crippen molar-refractivity contribution in [3.8, 4) is 0 Å². The molecule has 208 valence electrons. The number of carbonyl (C=O) groups is 1. The largest absolute Gasteiger partial charge is 0.377 e. The molecular formula is C33H49N3OS. The van der Waals surface area contributed by atoms with Crippen LogP contribution in [-0.4, -0.2) is 25.5 Å². The molecule has 38 heavy (non-hydrogen) atoms. The van der Waals surface area contributed by atoms with Gasteiger partial charge in [-0.05, 0) is 55.3 Å². The lowest BCUT2D eigenvalue weighted by Crippen LogP contribution is -2.35. The zero-order chi connectivity index (χ0) is 28.3. The van der Waals surface area contributed by atoms with Gasteiger partial charge in [0.25, 0.3) is 5.91 Å². The number of rotatable bonds is 8. The van der Waals surface area contributed by atoms with E-state index < -0.39 is 0 Å². The predicted octanol–water partition coefficient (Wildman–Crippen LogP) is 9.44. The molecule has 1 amide bonds. The van der Waals surface area contributed by atoms with Gasteiger partial charge in [-0.2, -0.15) is 0 Å². The van der Waals surface area contributed by atoms with Crippen molar-refractivity contribution in [1.82, 2.24) is 5.32 Å². The third-order valence-corrected chi connectivity index (χ3v) is 7.00. The Bertz CT molecular complexity index is 1060. The number of hydrogen-bond donors (Lipinski definition) is 2. The fourth-order valence-electron chi connectivity index (χ4n) is 4.15. The van der Waals surface area contributed by atoms with Crippen LogP contribution in [0.3, 0.4) is 0 Å². The standard InChI is InChI=1S/C27H31N3OS.3C2H6/c1-3-10-23-22-13-8-9-14-25(22)32-26-16-15-20(19-24(26)29-23)27(31)28-17-18-30(4-2)21-11-6-5-7-12-21;3*1-2/h5-9,11-16,19,23,29H,3-4,10,17-18H2,1-2H3,(H,28,31);3*1-2H3. The molecule has 1 aliphatic rings. The second-order valence-electron chi connectivity index (χ2n) is 8.01. The molecule has 0 saturated carbocycles. The average molecular weight is 536 g/mol. The third-order valence-electron chi connectivity index (χ3n) is 5.83. The van der Waals surface area contributed by atoms with Crippen molar-refractivity contribution in [3.63, 3.8) is 0 Å². The average Bonchev–Trinajstić information content (AvgIpc) is 3.15. The molecule has 1 heterocycles. The van der Waals surface area contributed by atoms with Crippen LogP contribution in [0, 0.1) is 0 Å². The molecule has 1 aliphatic heterocycles. The Hall–Kier alpha value is -2.92. The van der Waals surface area contributed by atoms with Crippen LogP contribution in [0.25, 0.3) is 0 Å². The lowest BCUT2D eigenvalue weighted by Gasteiger charge is -2.23.